The van der Waals surface area contributed by atoms with Gasteiger partial charge in [0.25, 0.3) is 5.91 Å². The summed E-state index contributed by atoms with van der Waals surface area (Å²) in [5.74, 6) is 0.832. The lowest BCUT2D eigenvalue weighted by Gasteiger charge is -2.33. The maximum absolute atomic E-state index is 12.5. The number of nitrogens with one attached hydrogen (secondary N) is 3. The van der Waals surface area contributed by atoms with Gasteiger partial charge in [0.05, 0.1) is 28.7 Å². The zero-order valence-electron chi connectivity index (χ0n) is 16.9. The van der Waals surface area contributed by atoms with E-state index >= 15 is 0 Å². The summed E-state index contributed by atoms with van der Waals surface area (Å²) in [5, 5.41) is 14.0. The van der Waals surface area contributed by atoms with Gasteiger partial charge in [0, 0.05) is 26.3 Å². The fourth-order valence-corrected chi connectivity index (χ4v) is 3.42. The average Bonchev–Trinajstić information content (AvgIpc) is 3.11. The lowest BCUT2D eigenvalue weighted by molar-refractivity contribution is 0.0945. The number of carbonyl (C=O) groups excluding carboxylic acids is 1. The molecule has 0 radical (unpaired) electrons. The van der Waals surface area contributed by atoms with E-state index in [9.17, 15) is 4.79 Å². The summed E-state index contributed by atoms with van der Waals surface area (Å²) < 4.78 is 1.62. The molecule has 2 aromatic rings. The molecule has 0 aromatic carbocycles. The third kappa shape index (κ3) is 4.71. The first kappa shape index (κ1) is 19.9. The van der Waals surface area contributed by atoms with E-state index in [0.29, 0.717) is 17.9 Å². The molecule has 0 fully saturated rings. The lowest BCUT2D eigenvalue weighted by atomic mass is 9.94. The molecule has 0 saturated heterocycles. The summed E-state index contributed by atoms with van der Waals surface area (Å²) in [6.07, 6.45) is 8.16. The van der Waals surface area contributed by atoms with Gasteiger partial charge in [-0.25, -0.2) is 4.98 Å². The van der Waals surface area contributed by atoms with Crippen LogP contribution in [0.4, 0.5) is 17.5 Å². The second kappa shape index (κ2) is 8.45. The average molecular weight is 387 g/mol. The SMILES string of the molecule is CCCC[C@](C)(CNC(=O)c1cnn(C)c1)Nc1nc(N)nc2c1NCCC2. The smallest absolute Gasteiger partial charge is 0.254 e. The van der Waals surface area contributed by atoms with Crippen molar-refractivity contribution in [2.75, 3.05) is 29.5 Å². The number of nitrogen functional groups attached to an aromatic ring is 1. The van der Waals surface area contributed by atoms with E-state index in [4.69, 9.17) is 5.73 Å². The van der Waals surface area contributed by atoms with Crippen molar-refractivity contribution in [3.05, 3.63) is 23.7 Å². The monoisotopic (exact) mass is 386 g/mol. The Morgan fingerprint density at radius 3 is 2.96 bits per heavy atom. The minimum Gasteiger partial charge on any atom is -0.381 e. The van der Waals surface area contributed by atoms with Gasteiger partial charge in [-0.15, -0.1) is 0 Å². The van der Waals surface area contributed by atoms with Crippen molar-refractivity contribution in [1.29, 1.82) is 0 Å². The number of carbonyl (C=O) groups is 1. The van der Waals surface area contributed by atoms with E-state index in [1.807, 2.05) is 0 Å². The van der Waals surface area contributed by atoms with Gasteiger partial charge in [0.15, 0.2) is 5.82 Å². The van der Waals surface area contributed by atoms with Gasteiger partial charge in [-0.05, 0) is 26.2 Å². The first-order valence-corrected chi connectivity index (χ1v) is 9.85. The van der Waals surface area contributed by atoms with Gasteiger partial charge in [-0.3, -0.25) is 9.48 Å². The maximum atomic E-state index is 12.5. The fourth-order valence-electron chi connectivity index (χ4n) is 3.42. The molecule has 28 heavy (non-hydrogen) atoms. The van der Waals surface area contributed by atoms with Crippen molar-refractivity contribution in [2.45, 2.75) is 51.5 Å². The molecule has 9 nitrogen and oxygen atoms in total. The molecule has 2 aromatic heterocycles. The summed E-state index contributed by atoms with van der Waals surface area (Å²) in [4.78, 5) is 21.3. The molecule has 152 valence electrons. The number of nitrogens with two attached hydrogens (primary N) is 1. The van der Waals surface area contributed by atoms with Crippen LogP contribution >= 0.6 is 0 Å². The third-order valence-electron chi connectivity index (χ3n) is 5.00. The molecular weight excluding hydrogens is 356 g/mol. The first-order valence-electron chi connectivity index (χ1n) is 9.85. The first-order chi connectivity index (χ1) is 13.4. The lowest BCUT2D eigenvalue weighted by Crippen LogP contribution is -2.47. The molecular formula is C19H30N8O. The van der Waals surface area contributed by atoms with Gasteiger partial charge >= 0.3 is 0 Å². The van der Waals surface area contributed by atoms with Crippen LogP contribution in [0.1, 0.15) is 55.6 Å². The summed E-state index contributed by atoms with van der Waals surface area (Å²) in [6, 6.07) is 0. The Morgan fingerprint density at radius 1 is 1.43 bits per heavy atom. The van der Waals surface area contributed by atoms with Crippen molar-refractivity contribution in [3.8, 4) is 0 Å². The number of hydrogen-bond donors (Lipinski definition) is 4. The van der Waals surface area contributed by atoms with Crippen LogP contribution in [-0.4, -0.2) is 44.3 Å². The van der Waals surface area contributed by atoms with Crippen LogP contribution in [-0.2, 0) is 13.5 Å². The Morgan fingerprint density at radius 2 is 2.25 bits per heavy atom. The molecule has 0 spiro atoms. The molecule has 0 bridgehead atoms. The number of anilines is 3. The largest absolute Gasteiger partial charge is 0.381 e. The molecule has 1 amide bonds. The topological polar surface area (TPSA) is 123 Å². The van der Waals surface area contributed by atoms with Crippen molar-refractivity contribution in [3.63, 3.8) is 0 Å². The number of rotatable bonds is 8. The standard InChI is InChI=1S/C19H30N8O/c1-4-5-8-19(2,12-22-17(28)13-10-23-27(3)11-13)26-16-15-14(7-6-9-21-15)24-18(20)25-16/h10-11,21H,4-9,12H2,1-3H3,(H,22,28)(H3,20,24,25,26)/t19-/m1/s1. The molecule has 3 heterocycles. The van der Waals surface area contributed by atoms with E-state index in [0.717, 1.165) is 50.0 Å². The number of fused-ring (bicyclic) bond motifs is 1. The molecule has 1 aliphatic heterocycles. The van der Waals surface area contributed by atoms with Gasteiger partial charge in [-0.2, -0.15) is 10.1 Å². The second-order valence-corrected chi connectivity index (χ2v) is 7.66. The van der Waals surface area contributed by atoms with E-state index in [-0.39, 0.29) is 17.4 Å². The zero-order valence-corrected chi connectivity index (χ0v) is 16.9. The van der Waals surface area contributed by atoms with E-state index in [2.05, 4.69) is 44.9 Å². The minimum atomic E-state index is -0.373. The van der Waals surface area contributed by atoms with Crippen LogP contribution in [0.3, 0.4) is 0 Å². The Kier molecular flexibility index (Phi) is 6.01. The van der Waals surface area contributed by atoms with Gasteiger partial charge < -0.3 is 21.7 Å². The summed E-state index contributed by atoms with van der Waals surface area (Å²) >= 11 is 0. The van der Waals surface area contributed by atoms with Crippen LogP contribution in [0.25, 0.3) is 0 Å². The van der Waals surface area contributed by atoms with Crippen molar-refractivity contribution in [1.82, 2.24) is 25.1 Å². The predicted octanol–water partition coefficient (Wildman–Crippen LogP) is 1.94. The van der Waals surface area contributed by atoms with E-state index in [1.165, 1.54) is 0 Å². The third-order valence-corrected chi connectivity index (χ3v) is 5.00. The number of aryl methyl sites for hydroxylation is 2. The van der Waals surface area contributed by atoms with Gasteiger partial charge in [0.2, 0.25) is 5.95 Å². The molecule has 3 rings (SSSR count). The van der Waals surface area contributed by atoms with Crippen molar-refractivity contribution < 1.29 is 4.79 Å². The van der Waals surface area contributed by atoms with Crippen LogP contribution in [0.2, 0.25) is 0 Å². The highest BCUT2D eigenvalue weighted by Crippen LogP contribution is 2.31. The molecule has 0 unspecified atom stereocenters. The summed E-state index contributed by atoms with van der Waals surface area (Å²) in [7, 11) is 1.79. The summed E-state index contributed by atoms with van der Waals surface area (Å²) in [5.41, 5.74) is 7.97. The summed E-state index contributed by atoms with van der Waals surface area (Å²) in [6.45, 7) is 5.60. The van der Waals surface area contributed by atoms with Crippen LogP contribution < -0.4 is 21.7 Å². The highest BCUT2D eigenvalue weighted by molar-refractivity contribution is 5.93. The Labute approximate surface area is 165 Å². The molecule has 0 aliphatic carbocycles. The number of nitrogens with zero attached hydrogens (tertiary/aromatic N) is 4. The van der Waals surface area contributed by atoms with Crippen molar-refractivity contribution in [2.24, 2.45) is 7.05 Å². The van der Waals surface area contributed by atoms with Gasteiger partial charge in [0.1, 0.15) is 0 Å². The highest BCUT2D eigenvalue weighted by atomic mass is 16.1. The molecule has 9 heteroatoms. The molecule has 1 atom stereocenters. The van der Waals surface area contributed by atoms with Gasteiger partial charge in [-0.1, -0.05) is 19.8 Å². The Balaban J connectivity index is 1.77. The second-order valence-electron chi connectivity index (χ2n) is 7.66. The fraction of sp³-hybridized carbons (Fsp3) is 0.579. The van der Waals surface area contributed by atoms with E-state index < -0.39 is 0 Å². The predicted molar refractivity (Wildman–Crippen MR) is 110 cm³/mol. The number of hydrogen-bond acceptors (Lipinski definition) is 7. The molecule has 0 saturated carbocycles. The van der Waals surface area contributed by atoms with Crippen LogP contribution in [0, 0.1) is 0 Å². The van der Waals surface area contributed by atoms with Crippen LogP contribution in [0.15, 0.2) is 12.4 Å². The minimum absolute atomic E-state index is 0.139. The highest BCUT2D eigenvalue weighted by Gasteiger charge is 2.28. The normalized spacial score (nSPS) is 15.2. The molecule has 1 aliphatic rings. The Hall–Kier alpha value is -2.84. The number of aromatic nitrogens is 4. The quantitative estimate of drug-likeness (QED) is 0.547. The molecule has 5 N–H and O–H groups in total. The van der Waals surface area contributed by atoms with E-state index in [1.54, 1.807) is 24.1 Å². The number of amides is 1. The Bertz CT molecular complexity index is 833. The van der Waals surface area contributed by atoms with Crippen molar-refractivity contribution >= 4 is 23.4 Å². The van der Waals surface area contributed by atoms with Crippen LogP contribution in [0.5, 0.6) is 0 Å². The number of unbranched alkanes of at least 4 members (excludes halogenated alkanes) is 1. The zero-order chi connectivity index (χ0) is 20.1. The maximum Gasteiger partial charge on any atom is 0.254 e.